The van der Waals surface area contributed by atoms with Gasteiger partial charge >= 0.3 is 35.0 Å². The Morgan fingerprint density at radius 3 is 2.38 bits per heavy atom. The minimum Gasteiger partial charge on any atom is -0.681 e. The van der Waals surface area contributed by atoms with E-state index in [4.69, 9.17) is 25.0 Å². The van der Waals surface area contributed by atoms with Gasteiger partial charge in [0.15, 0.2) is 5.78 Å². The quantitative estimate of drug-likeness (QED) is 0.139. The number of Topliss-reactive ketones (excluding diaryl/α,β-unsaturated/α-hetero) is 1. The molecule has 52 heavy (non-hydrogen) atoms. The summed E-state index contributed by atoms with van der Waals surface area (Å²) in [6.07, 6.45) is 13.2. The SMILES string of the molecule is C=Cc1c2[n-]c(c1C)/C=C1/[N-]C(C3=c4[n-]/c(c(C)c4C(=O)[C@@H]3C(=O)O)=C\c3[n-]c(/c(=C\O)c3CC)=C\2)[C@@H](CCC(=O)OC/C=C(\C)CCC)[C@@H]1C.[Mg+2]. The van der Waals surface area contributed by atoms with Crippen molar-refractivity contribution in [3.8, 4) is 0 Å². The second-order valence-corrected chi connectivity index (χ2v) is 13.7. The van der Waals surface area contributed by atoms with Crippen LogP contribution in [-0.4, -0.2) is 63.6 Å². The van der Waals surface area contributed by atoms with Crippen molar-refractivity contribution in [3.05, 3.63) is 95.4 Å². The number of aliphatic hydroxyl groups is 1. The molecule has 8 bridgehead atoms. The summed E-state index contributed by atoms with van der Waals surface area (Å²) in [6, 6.07) is -0.724. The second kappa shape index (κ2) is 15.6. The standard InChI is InChI=1S/C41H44N4O6.Mg/c1-8-11-20(4)14-15-51-34(47)13-12-26-22(6)29-16-28-21(5)24(9-2)31(42-28)18-33-27(19-46)25(10-3)32(43-33)17-30-23(7)35-39(45-30)36(38(26)44-29)37(40(35)48)41(49)50;/h9,14,16-19,22,26,37-38H,2,8,10-13,15H2,1,3-7H3,(H,46,48)(H,49,50);/q-4;+2/b20-14+,29-16+,33-18-;/t22-,26-,37+,38?;/m0./s1. The molecule has 2 N–H and O–H groups in total. The maximum Gasteiger partial charge on any atom is 2.00 e. The number of aliphatic carboxylic acids is 1. The number of ketones is 1. The van der Waals surface area contributed by atoms with E-state index in [2.05, 4.69) is 13.5 Å². The maximum absolute atomic E-state index is 14.0. The van der Waals surface area contributed by atoms with Crippen LogP contribution in [0.2, 0.25) is 0 Å². The van der Waals surface area contributed by atoms with Crippen molar-refractivity contribution in [1.82, 2.24) is 15.0 Å². The van der Waals surface area contributed by atoms with E-state index in [9.17, 15) is 24.6 Å². The van der Waals surface area contributed by atoms with Gasteiger partial charge in [-0.3, -0.25) is 14.4 Å². The predicted octanol–water partition coefficient (Wildman–Crippen LogP) is 3.43. The van der Waals surface area contributed by atoms with Gasteiger partial charge in [0.05, 0.1) is 6.26 Å². The van der Waals surface area contributed by atoms with Crippen LogP contribution in [0, 0.1) is 31.6 Å². The number of esters is 1. The van der Waals surface area contributed by atoms with E-state index in [1.165, 1.54) is 0 Å². The number of nitrogens with zero attached hydrogens (tertiary/aromatic N) is 4. The van der Waals surface area contributed by atoms with Crippen LogP contribution >= 0.6 is 0 Å². The number of carboxylic acids is 1. The first-order valence-corrected chi connectivity index (χ1v) is 17.6. The molecule has 1 unspecified atom stereocenters. The van der Waals surface area contributed by atoms with Gasteiger partial charge in [0, 0.05) is 12.0 Å². The molecule has 6 rings (SSSR count). The molecule has 5 heterocycles. The average molecular weight is 713 g/mol. The topological polar surface area (TPSA) is 157 Å². The first-order chi connectivity index (χ1) is 24.4. The third-order valence-corrected chi connectivity index (χ3v) is 10.7. The Hall–Kier alpha value is -4.48. The van der Waals surface area contributed by atoms with Crippen LogP contribution in [0.4, 0.5) is 0 Å². The molecule has 10 nitrogen and oxygen atoms in total. The van der Waals surface area contributed by atoms with E-state index in [1.54, 1.807) is 19.1 Å². The molecule has 0 amide bonds. The van der Waals surface area contributed by atoms with Gasteiger partial charge in [0.25, 0.3) is 0 Å². The predicted molar refractivity (Wildman–Crippen MR) is 202 cm³/mol. The molecule has 4 atom stereocenters. The van der Waals surface area contributed by atoms with Gasteiger partial charge in [-0.25, -0.2) is 0 Å². The average Bonchev–Trinajstić information content (AvgIpc) is 3.84. The van der Waals surface area contributed by atoms with Crippen molar-refractivity contribution in [1.29, 1.82) is 0 Å². The summed E-state index contributed by atoms with van der Waals surface area (Å²) in [6.45, 7) is 16.0. The zero-order valence-electron chi connectivity index (χ0n) is 30.7. The summed E-state index contributed by atoms with van der Waals surface area (Å²) < 4.78 is 5.55. The normalized spacial score (nSPS) is 23.2. The Bertz CT molecular complexity index is 2270. The number of hydrogen-bond acceptors (Lipinski definition) is 5. The van der Waals surface area contributed by atoms with Crippen LogP contribution in [-0.2, 0) is 20.7 Å². The van der Waals surface area contributed by atoms with E-state index in [-0.39, 0.29) is 59.4 Å². The Balaban J connectivity index is 0.00000523. The number of aromatic nitrogens is 3. The molecule has 0 spiro atoms. The van der Waals surface area contributed by atoms with Crippen molar-refractivity contribution in [2.75, 3.05) is 6.61 Å². The van der Waals surface area contributed by atoms with Crippen LogP contribution in [0.5, 0.6) is 0 Å². The van der Waals surface area contributed by atoms with E-state index in [1.807, 2.05) is 45.9 Å². The summed E-state index contributed by atoms with van der Waals surface area (Å²) >= 11 is 0. The summed E-state index contributed by atoms with van der Waals surface area (Å²) in [5.41, 5.74) is 7.40. The third-order valence-electron chi connectivity index (χ3n) is 10.7. The van der Waals surface area contributed by atoms with Crippen LogP contribution < -0.4 is 36.2 Å². The summed E-state index contributed by atoms with van der Waals surface area (Å²) in [7, 11) is 0. The molecule has 3 aromatic heterocycles. The number of allylic oxidation sites excluding steroid dienone is 2. The number of carbonyl (C=O) groups is 3. The summed E-state index contributed by atoms with van der Waals surface area (Å²) in [5, 5.41) is 27.9. The van der Waals surface area contributed by atoms with E-state index in [0.717, 1.165) is 41.4 Å². The molecule has 1 fully saturated rings. The second-order valence-electron chi connectivity index (χ2n) is 13.7. The molecule has 3 aliphatic rings. The van der Waals surface area contributed by atoms with Gasteiger partial charge in [-0.05, 0) is 68.7 Å². The molecule has 11 heteroatoms. The van der Waals surface area contributed by atoms with Crippen LogP contribution in [0.15, 0.2) is 23.9 Å². The number of hydrogen-bond donors (Lipinski definition) is 2. The zero-order chi connectivity index (χ0) is 36.7. The number of carboxylic acid groups (broad SMARTS) is 1. The minimum atomic E-state index is -1.45. The maximum atomic E-state index is 14.0. The summed E-state index contributed by atoms with van der Waals surface area (Å²) in [5.74, 6) is -4.12. The van der Waals surface area contributed by atoms with Gasteiger partial charge in [-0.2, -0.15) is 5.70 Å². The Morgan fingerprint density at radius 2 is 1.73 bits per heavy atom. The molecular formula is C41H44MgN4O6-2. The van der Waals surface area contributed by atoms with E-state index < -0.39 is 23.7 Å². The fourth-order valence-corrected chi connectivity index (χ4v) is 7.87. The number of ether oxygens (including phenoxy) is 1. The fraction of sp³-hybridized carbons (Fsp3) is 0.390. The van der Waals surface area contributed by atoms with Gasteiger partial charge in [0.1, 0.15) is 12.5 Å². The zero-order valence-corrected chi connectivity index (χ0v) is 32.2. The number of rotatable bonds is 10. The van der Waals surface area contributed by atoms with Crippen molar-refractivity contribution < 1.29 is 29.3 Å². The van der Waals surface area contributed by atoms with Crippen LogP contribution in [0.25, 0.3) is 41.5 Å². The number of carbonyl (C=O) groups excluding carboxylic acids is 2. The van der Waals surface area contributed by atoms with Gasteiger partial charge in [0.2, 0.25) is 0 Å². The van der Waals surface area contributed by atoms with E-state index >= 15 is 0 Å². The summed E-state index contributed by atoms with van der Waals surface area (Å²) in [4.78, 5) is 54.6. The minimum absolute atomic E-state index is 0. The molecule has 2 aliphatic heterocycles. The van der Waals surface area contributed by atoms with Gasteiger partial charge in [-0.1, -0.05) is 92.0 Å². The molecule has 1 saturated heterocycles. The van der Waals surface area contributed by atoms with Gasteiger partial charge < -0.3 is 35.2 Å². The molecule has 268 valence electrons. The number of aliphatic hydroxyl groups excluding tert-OH is 1. The van der Waals surface area contributed by atoms with Crippen molar-refractivity contribution in [2.24, 2.45) is 17.8 Å². The monoisotopic (exact) mass is 712 g/mol. The molecule has 0 aromatic carbocycles. The van der Waals surface area contributed by atoms with Crippen molar-refractivity contribution in [3.63, 3.8) is 0 Å². The fourth-order valence-electron chi connectivity index (χ4n) is 7.87. The smallest absolute Gasteiger partial charge is 0.681 e. The van der Waals surface area contributed by atoms with Crippen LogP contribution in [0.3, 0.4) is 0 Å². The Morgan fingerprint density at radius 1 is 1.00 bits per heavy atom. The van der Waals surface area contributed by atoms with Crippen molar-refractivity contribution >= 4 is 76.9 Å². The largest absolute Gasteiger partial charge is 2.00 e. The first-order valence-electron chi connectivity index (χ1n) is 17.6. The van der Waals surface area contributed by atoms with Gasteiger partial charge in [-0.15, -0.1) is 33.1 Å². The third kappa shape index (κ3) is 6.76. The Kier molecular flexibility index (Phi) is 11.6. The number of fused-ring (bicyclic) bond motifs is 8. The first kappa shape index (κ1) is 38.7. The molecule has 0 saturated carbocycles. The molecule has 3 aromatic rings. The molecular weight excluding hydrogens is 669 g/mol. The Labute approximate surface area is 319 Å². The molecule has 1 aliphatic carbocycles. The van der Waals surface area contributed by atoms with E-state index in [0.29, 0.717) is 68.0 Å². The van der Waals surface area contributed by atoms with Crippen molar-refractivity contribution in [2.45, 2.75) is 79.7 Å². The van der Waals surface area contributed by atoms with Crippen LogP contribution in [0.1, 0.15) is 103 Å². The molecule has 0 radical (unpaired) electrons.